The average Bonchev–Trinajstić information content (AvgIpc) is 2.75. The topological polar surface area (TPSA) is 18.5 Å². The third-order valence-corrected chi connectivity index (χ3v) is 5.58. The molecule has 0 aromatic heterocycles. The normalized spacial score (nSPS) is 18.9. The molecule has 1 heterocycles. The monoisotopic (exact) mass is 418 g/mol. The molecule has 1 aliphatic heterocycles. The molecule has 2 nitrogen and oxygen atoms in total. The van der Waals surface area contributed by atoms with Crippen molar-refractivity contribution in [2.24, 2.45) is 5.92 Å². The molecule has 0 amide bonds. The fourth-order valence-electron chi connectivity index (χ4n) is 3.92. The highest BCUT2D eigenvalue weighted by Crippen LogP contribution is 2.36. The molecule has 1 fully saturated rings. The Bertz CT molecular complexity index is 858. The number of unbranched alkanes of at least 4 members (excludes halogenated alkanes) is 1. The molecule has 2 aromatic carbocycles. The molecule has 0 aliphatic carbocycles. The quantitative estimate of drug-likeness (QED) is 0.312. The van der Waals surface area contributed by atoms with Crippen molar-refractivity contribution in [3.63, 3.8) is 0 Å². The molecule has 3 rings (SSSR count). The maximum Gasteiger partial charge on any atom is 0.201 e. The Labute approximate surface area is 176 Å². The Hall–Kier alpha value is -2.27. The summed E-state index contributed by atoms with van der Waals surface area (Å²) in [6.07, 6.45) is 6.86. The lowest BCUT2D eigenvalue weighted by Crippen LogP contribution is -2.21. The fourth-order valence-corrected chi connectivity index (χ4v) is 3.92. The SMILES string of the molecule is C=CCCCOc1ccc(-c2ccc(C3CCC(CCC)CO3)c(F)c2)c(F)c1F. The van der Waals surface area contributed by atoms with Gasteiger partial charge in [0, 0.05) is 11.1 Å². The van der Waals surface area contributed by atoms with Crippen LogP contribution >= 0.6 is 0 Å². The van der Waals surface area contributed by atoms with Crippen LogP contribution in [0.4, 0.5) is 13.2 Å². The van der Waals surface area contributed by atoms with E-state index in [2.05, 4.69) is 13.5 Å². The summed E-state index contributed by atoms with van der Waals surface area (Å²) in [5.41, 5.74) is 0.756. The van der Waals surface area contributed by atoms with E-state index >= 15 is 0 Å². The van der Waals surface area contributed by atoms with Crippen LogP contribution in [0.15, 0.2) is 43.0 Å². The minimum atomic E-state index is -1.06. The third-order valence-electron chi connectivity index (χ3n) is 5.58. The molecule has 1 aliphatic rings. The summed E-state index contributed by atoms with van der Waals surface area (Å²) in [5.74, 6) is -2.18. The predicted octanol–water partition coefficient (Wildman–Crippen LogP) is 7.38. The van der Waals surface area contributed by atoms with Crippen molar-refractivity contribution < 1.29 is 22.6 Å². The number of ether oxygens (including phenoxy) is 2. The van der Waals surface area contributed by atoms with Gasteiger partial charge in [0.05, 0.1) is 19.3 Å². The maximum atomic E-state index is 14.8. The minimum absolute atomic E-state index is 0.00367. The van der Waals surface area contributed by atoms with Gasteiger partial charge >= 0.3 is 0 Å². The van der Waals surface area contributed by atoms with Gasteiger partial charge in [-0.2, -0.15) is 4.39 Å². The molecule has 5 heteroatoms. The molecule has 0 saturated carbocycles. The van der Waals surface area contributed by atoms with Crippen LogP contribution in [-0.4, -0.2) is 13.2 Å². The first-order chi connectivity index (χ1) is 14.5. The van der Waals surface area contributed by atoms with Crippen LogP contribution in [0.1, 0.15) is 57.1 Å². The van der Waals surface area contributed by atoms with Crippen molar-refractivity contribution in [3.05, 3.63) is 66.0 Å². The number of allylic oxidation sites excluding steroid dienone is 1. The standard InChI is InChI=1S/C25H29F3O2/c1-3-5-6-14-29-23-13-11-19(24(27)25(23)28)18-9-10-20(21(26)15-18)22-12-8-17(7-4-2)16-30-22/h3,9-11,13,15,17,22H,1,4-8,12,14,16H2,2H3. The second kappa shape index (κ2) is 10.7. The lowest BCUT2D eigenvalue weighted by atomic mass is 9.91. The van der Waals surface area contributed by atoms with Gasteiger partial charge in [-0.3, -0.25) is 0 Å². The van der Waals surface area contributed by atoms with Gasteiger partial charge in [0.1, 0.15) is 5.82 Å². The van der Waals surface area contributed by atoms with Crippen molar-refractivity contribution in [1.82, 2.24) is 0 Å². The molecular weight excluding hydrogens is 389 g/mol. The molecule has 0 N–H and O–H groups in total. The summed E-state index contributed by atoms with van der Waals surface area (Å²) in [5, 5.41) is 0. The fraction of sp³-hybridized carbons (Fsp3) is 0.440. The summed E-state index contributed by atoms with van der Waals surface area (Å²) in [6.45, 7) is 6.66. The minimum Gasteiger partial charge on any atom is -0.490 e. The maximum absolute atomic E-state index is 14.8. The zero-order valence-corrected chi connectivity index (χ0v) is 17.4. The van der Waals surface area contributed by atoms with Gasteiger partial charge in [0.25, 0.3) is 0 Å². The summed E-state index contributed by atoms with van der Waals surface area (Å²) < 4.78 is 55.0. The molecule has 2 aromatic rings. The van der Waals surface area contributed by atoms with Crippen LogP contribution < -0.4 is 4.74 Å². The van der Waals surface area contributed by atoms with Crippen LogP contribution in [-0.2, 0) is 4.74 Å². The van der Waals surface area contributed by atoms with E-state index in [-0.39, 0.29) is 29.6 Å². The van der Waals surface area contributed by atoms with E-state index in [9.17, 15) is 13.2 Å². The molecule has 0 bridgehead atoms. The van der Waals surface area contributed by atoms with Crippen molar-refractivity contribution in [1.29, 1.82) is 0 Å². The molecule has 0 radical (unpaired) electrons. The number of halogens is 3. The van der Waals surface area contributed by atoms with Crippen molar-refractivity contribution >= 4 is 0 Å². The van der Waals surface area contributed by atoms with Crippen LogP contribution in [0.3, 0.4) is 0 Å². The highest BCUT2D eigenvalue weighted by molar-refractivity contribution is 5.66. The average molecular weight is 418 g/mol. The van der Waals surface area contributed by atoms with Gasteiger partial charge in [0.2, 0.25) is 5.82 Å². The lowest BCUT2D eigenvalue weighted by molar-refractivity contribution is -0.0211. The zero-order chi connectivity index (χ0) is 21.5. The van der Waals surface area contributed by atoms with E-state index in [0.717, 1.165) is 32.1 Å². The smallest absolute Gasteiger partial charge is 0.201 e. The predicted molar refractivity (Wildman–Crippen MR) is 113 cm³/mol. The number of hydrogen-bond acceptors (Lipinski definition) is 2. The number of benzene rings is 2. The van der Waals surface area contributed by atoms with Crippen LogP contribution in [0.5, 0.6) is 5.75 Å². The third kappa shape index (κ3) is 5.25. The Morgan fingerprint density at radius 1 is 1.13 bits per heavy atom. The lowest BCUT2D eigenvalue weighted by Gasteiger charge is -2.29. The van der Waals surface area contributed by atoms with Crippen LogP contribution in [0.2, 0.25) is 0 Å². The summed E-state index contributed by atoms with van der Waals surface area (Å²) in [7, 11) is 0. The van der Waals surface area contributed by atoms with E-state index in [4.69, 9.17) is 9.47 Å². The number of rotatable bonds is 9. The van der Waals surface area contributed by atoms with E-state index in [1.54, 1.807) is 18.2 Å². The van der Waals surface area contributed by atoms with Gasteiger partial charge in [-0.15, -0.1) is 6.58 Å². The van der Waals surface area contributed by atoms with E-state index < -0.39 is 17.5 Å². The van der Waals surface area contributed by atoms with Crippen LogP contribution in [0, 0.1) is 23.4 Å². The van der Waals surface area contributed by atoms with Gasteiger partial charge in [-0.1, -0.05) is 31.6 Å². The molecular formula is C25H29F3O2. The van der Waals surface area contributed by atoms with Gasteiger partial charge in [-0.25, -0.2) is 8.78 Å². The van der Waals surface area contributed by atoms with Crippen LogP contribution in [0.25, 0.3) is 11.1 Å². The summed E-state index contributed by atoms with van der Waals surface area (Å²) in [4.78, 5) is 0. The van der Waals surface area contributed by atoms with Gasteiger partial charge < -0.3 is 9.47 Å². The Morgan fingerprint density at radius 3 is 2.63 bits per heavy atom. The van der Waals surface area contributed by atoms with Gasteiger partial charge in [-0.05, 0) is 61.8 Å². The van der Waals surface area contributed by atoms with Crippen molar-refractivity contribution in [3.8, 4) is 16.9 Å². The Kier molecular flexibility index (Phi) is 7.97. The number of hydrogen-bond donors (Lipinski definition) is 0. The highest BCUT2D eigenvalue weighted by Gasteiger charge is 2.25. The second-order valence-corrected chi connectivity index (χ2v) is 7.81. The molecule has 30 heavy (non-hydrogen) atoms. The first-order valence-corrected chi connectivity index (χ1v) is 10.7. The summed E-state index contributed by atoms with van der Waals surface area (Å²) >= 11 is 0. The van der Waals surface area contributed by atoms with E-state index in [1.165, 1.54) is 18.2 Å². The summed E-state index contributed by atoms with van der Waals surface area (Å²) in [6, 6.07) is 7.28. The van der Waals surface area contributed by atoms with Crippen molar-refractivity contribution in [2.45, 2.75) is 51.6 Å². The Morgan fingerprint density at radius 2 is 1.97 bits per heavy atom. The van der Waals surface area contributed by atoms with Crippen molar-refractivity contribution in [2.75, 3.05) is 13.2 Å². The second-order valence-electron chi connectivity index (χ2n) is 7.81. The first kappa shape index (κ1) is 22.4. The highest BCUT2D eigenvalue weighted by atomic mass is 19.2. The molecule has 2 atom stereocenters. The first-order valence-electron chi connectivity index (χ1n) is 10.7. The zero-order valence-electron chi connectivity index (χ0n) is 17.4. The molecule has 1 saturated heterocycles. The van der Waals surface area contributed by atoms with E-state index in [1.807, 2.05) is 0 Å². The van der Waals surface area contributed by atoms with Gasteiger partial charge in [0.15, 0.2) is 11.6 Å². The molecule has 0 spiro atoms. The molecule has 162 valence electrons. The largest absolute Gasteiger partial charge is 0.490 e. The van der Waals surface area contributed by atoms with E-state index in [0.29, 0.717) is 24.5 Å². The molecule has 2 unspecified atom stereocenters. The Balaban J connectivity index is 1.73.